The molecule has 0 aliphatic heterocycles. The summed E-state index contributed by atoms with van der Waals surface area (Å²) in [5.41, 5.74) is 2.35. The van der Waals surface area contributed by atoms with Crippen LogP contribution in [-0.2, 0) is 10.0 Å². The van der Waals surface area contributed by atoms with Gasteiger partial charge in [0.2, 0.25) is 16.0 Å². The van der Waals surface area contributed by atoms with Crippen molar-refractivity contribution >= 4 is 44.3 Å². The molecule has 4 rings (SSSR count). The molecule has 1 heterocycles. The fraction of sp³-hybridized carbons (Fsp3) is 0.462. The molecular weight excluding hydrogens is 482 g/mol. The summed E-state index contributed by atoms with van der Waals surface area (Å²) >= 11 is 6.13. The van der Waals surface area contributed by atoms with Gasteiger partial charge in [-0.1, -0.05) is 23.7 Å². The normalized spacial score (nSPS) is 18.5. The second-order valence-corrected chi connectivity index (χ2v) is 11.9. The summed E-state index contributed by atoms with van der Waals surface area (Å²) < 4.78 is 28.6. The Morgan fingerprint density at radius 1 is 0.971 bits per heavy atom. The van der Waals surface area contributed by atoms with Crippen molar-refractivity contribution in [1.82, 2.24) is 14.7 Å². The molecular formula is C26H34ClN5O2S. The molecule has 1 aromatic heterocycles. The molecule has 0 radical (unpaired) electrons. The minimum absolute atomic E-state index is 0.310. The van der Waals surface area contributed by atoms with Crippen molar-refractivity contribution in [3.05, 3.63) is 52.5 Å². The minimum Gasteiger partial charge on any atom is -0.362 e. The maximum absolute atomic E-state index is 12.9. The number of rotatable bonds is 8. The SMILES string of the molecule is Cc1cc(S(=O)(=O)NCC2CCC(CNc3nc(N(C)C)c4ccccc4n3)CC2)c(C)cc1Cl. The summed E-state index contributed by atoms with van der Waals surface area (Å²) in [6, 6.07) is 11.4. The van der Waals surface area contributed by atoms with Gasteiger partial charge in [0.05, 0.1) is 10.4 Å². The summed E-state index contributed by atoms with van der Waals surface area (Å²) in [5.74, 6) is 2.41. The minimum atomic E-state index is -3.56. The topological polar surface area (TPSA) is 87.2 Å². The van der Waals surface area contributed by atoms with E-state index in [1.807, 2.05) is 50.2 Å². The van der Waals surface area contributed by atoms with Crippen LogP contribution in [0, 0.1) is 25.7 Å². The third kappa shape index (κ3) is 6.05. The van der Waals surface area contributed by atoms with Crippen LogP contribution in [0.3, 0.4) is 0 Å². The molecule has 9 heteroatoms. The van der Waals surface area contributed by atoms with Crippen molar-refractivity contribution in [3.8, 4) is 0 Å². The van der Waals surface area contributed by atoms with Crippen molar-refractivity contribution in [1.29, 1.82) is 0 Å². The molecule has 2 N–H and O–H groups in total. The number of hydrogen-bond donors (Lipinski definition) is 2. The summed E-state index contributed by atoms with van der Waals surface area (Å²) in [5, 5.41) is 5.06. The molecule has 0 bridgehead atoms. The van der Waals surface area contributed by atoms with Crippen molar-refractivity contribution in [3.63, 3.8) is 0 Å². The molecule has 0 spiro atoms. The van der Waals surface area contributed by atoms with E-state index >= 15 is 0 Å². The van der Waals surface area contributed by atoms with E-state index in [1.54, 1.807) is 19.1 Å². The molecule has 0 amide bonds. The Morgan fingerprint density at radius 3 is 2.31 bits per heavy atom. The van der Waals surface area contributed by atoms with Crippen LogP contribution in [0.5, 0.6) is 0 Å². The highest BCUT2D eigenvalue weighted by molar-refractivity contribution is 7.89. The van der Waals surface area contributed by atoms with E-state index < -0.39 is 10.0 Å². The second-order valence-electron chi connectivity index (χ2n) is 9.77. The van der Waals surface area contributed by atoms with E-state index in [-0.39, 0.29) is 0 Å². The van der Waals surface area contributed by atoms with Crippen LogP contribution in [0.2, 0.25) is 5.02 Å². The van der Waals surface area contributed by atoms with Crippen LogP contribution >= 0.6 is 11.6 Å². The highest BCUT2D eigenvalue weighted by atomic mass is 35.5. The predicted octanol–water partition coefficient (Wildman–Crippen LogP) is 5.16. The number of aryl methyl sites for hydroxylation is 2. The quantitative estimate of drug-likeness (QED) is 0.430. The lowest BCUT2D eigenvalue weighted by Gasteiger charge is -2.29. The Labute approximate surface area is 213 Å². The Morgan fingerprint density at radius 2 is 1.63 bits per heavy atom. The Kier molecular flexibility index (Phi) is 7.83. The maximum atomic E-state index is 12.9. The zero-order valence-electron chi connectivity index (χ0n) is 20.8. The number of anilines is 2. The van der Waals surface area contributed by atoms with Crippen molar-refractivity contribution < 1.29 is 8.42 Å². The van der Waals surface area contributed by atoms with E-state index in [9.17, 15) is 8.42 Å². The van der Waals surface area contributed by atoms with Gasteiger partial charge in [0, 0.05) is 37.6 Å². The number of aromatic nitrogens is 2. The summed E-state index contributed by atoms with van der Waals surface area (Å²) in [6.45, 7) is 4.87. The summed E-state index contributed by atoms with van der Waals surface area (Å²) in [4.78, 5) is 11.7. The Bertz CT molecular complexity index is 1300. The molecule has 188 valence electrons. The molecule has 0 atom stereocenters. The van der Waals surface area contributed by atoms with Crippen LogP contribution in [0.25, 0.3) is 10.9 Å². The number of sulfonamides is 1. The van der Waals surface area contributed by atoms with Gasteiger partial charge in [0.25, 0.3) is 0 Å². The third-order valence-corrected chi connectivity index (χ3v) is 8.80. The molecule has 0 unspecified atom stereocenters. The molecule has 1 saturated carbocycles. The van der Waals surface area contributed by atoms with Gasteiger partial charge >= 0.3 is 0 Å². The highest BCUT2D eigenvalue weighted by Gasteiger charge is 2.24. The fourth-order valence-corrected chi connectivity index (χ4v) is 6.35. The monoisotopic (exact) mass is 515 g/mol. The van der Waals surface area contributed by atoms with Crippen molar-refractivity contribution in [2.45, 2.75) is 44.4 Å². The van der Waals surface area contributed by atoms with Gasteiger partial charge in [-0.05, 0) is 86.8 Å². The molecule has 1 aliphatic carbocycles. The number of nitrogens with one attached hydrogen (secondary N) is 2. The third-order valence-electron chi connectivity index (χ3n) is 6.83. The molecule has 1 aliphatic rings. The van der Waals surface area contributed by atoms with Crippen LogP contribution in [0.15, 0.2) is 41.3 Å². The molecule has 0 saturated heterocycles. The zero-order chi connectivity index (χ0) is 25.2. The molecule has 7 nitrogen and oxygen atoms in total. The van der Waals surface area contributed by atoms with Gasteiger partial charge in [-0.25, -0.2) is 18.1 Å². The summed E-state index contributed by atoms with van der Waals surface area (Å²) in [6.07, 6.45) is 4.09. The number of hydrogen-bond acceptors (Lipinski definition) is 6. The maximum Gasteiger partial charge on any atom is 0.240 e. The Balaban J connectivity index is 1.30. The first-order chi connectivity index (χ1) is 16.6. The van der Waals surface area contributed by atoms with Gasteiger partial charge in [0.1, 0.15) is 5.82 Å². The van der Waals surface area contributed by atoms with E-state index in [2.05, 4.69) is 15.0 Å². The fourth-order valence-electron chi connectivity index (χ4n) is 4.70. The number of benzene rings is 2. The van der Waals surface area contributed by atoms with Crippen LogP contribution < -0.4 is 14.9 Å². The first kappa shape index (κ1) is 25.7. The van der Waals surface area contributed by atoms with Crippen molar-refractivity contribution in [2.75, 3.05) is 37.4 Å². The van der Waals surface area contributed by atoms with E-state index in [4.69, 9.17) is 16.6 Å². The van der Waals surface area contributed by atoms with Gasteiger partial charge in [-0.3, -0.25) is 0 Å². The lowest BCUT2D eigenvalue weighted by Crippen LogP contribution is -2.32. The number of nitrogens with zero attached hydrogens (tertiary/aromatic N) is 3. The van der Waals surface area contributed by atoms with Gasteiger partial charge < -0.3 is 10.2 Å². The van der Waals surface area contributed by atoms with Crippen molar-refractivity contribution in [2.24, 2.45) is 11.8 Å². The first-order valence-electron chi connectivity index (χ1n) is 12.1. The number of para-hydroxylation sites is 1. The molecule has 3 aromatic rings. The average molecular weight is 516 g/mol. The molecule has 2 aromatic carbocycles. The molecule has 1 fully saturated rings. The molecule has 35 heavy (non-hydrogen) atoms. The predicted molar refractivity (Wildman–Crippen MR) is 144 cm³/mol. The summed E-state index contributed by atoms with van der Waals surface area (Å²) in [7, 11) is 0.419. The lowest BCUT2D eigenvalue weighted by atomic mass is 9.82. The Hall–Kier alpha value is -2.42. The lowest BCUT2D eigenvalue weighted by molar-refractivity contribution is 0.284. The number of fused-ring (bicyclic) bond motifs is 1. The zero-order valence-corrected chi connectivity index (χ0v) is 22.4. The van der Waals surface area contributed by atoms with Crippen LogP contribution in [-0.4, -0.2) is 45.6 Å². The van der Waals surface area contributed by atoms with Gasteiger partial charge in [0.15, 0.2) is 0 Å². The van der Waals surface area contributed by atoms with E-state index in [0.717, 1.165) is 54.5 Å². The second kappa shape index (κ2) is 10.7. The standard InChI is InChI=1S/C26H34ClN5O2S/c1-17-14-24(18(2)13-22(17)27)35(33,34)29-16-20-11-9-19(10-12-20)15-28-26-30-23-8-6-5-7-21(23)25(31-26)32(3)4/h5-8,13-14,19-20,29H,9-12,15-16H2,1-4H3,(H,28,30,31). The smallest absolute Gasteiger partial charge is 0.240 e. The van der Waals surface area contributed by atoms with Gasteiger partial charge in [-0.2, -0.15) is 4.98 Å². The highest BCUT2D eigenvalue weighted by Crippen LogP contribution is 2.30. The average Bonchev–Trinajstić information content (AvgIpc) is 2.83. The van der Waals surface area contributed by atoms with Crippen LogP contribution in [0.1, 0.15) is 36.8 Å². The largest absolute Gasteiger partial charge is 0.362 e. The number of halogens is 1. The van der Waals surface area contributed by atoms with E-state index in [0.29, 0.717) is 39.8 Å². The first-order valence-corrected chi connectivity index (χ1v) is 13.9. The van der Waals surface area contributed by atoms with Gasteiger partial charge in [-0.15, -0.1) is 0 Å². The van der Waals surface area contributed by atoms with E-state index in [1.165, 1.54) is 0 Å². The van der Waals surface area contributed by atoms with Crippen LogP contribution in [0.4, 0.5) is 11.8 Å².